The molecule has 0 atom stereocenters. The minimum absolute atomic E-state index is 0.0952. The van der Waals surface area contributed by atoms with Crippen LogP contribution in [0.4, 0.5) is 0 Å². The van der Waals surface area contributed by atoms with Crippen LogP contribution in [0.25, 0.3) is 22.4 Å². The number of fused-ring (bicyclic) bond motifs is 1. The van der Waals surface area contributed by atoms with Crippen LogP contribution in [0.2, 0.25) is 0 Å². The summed E-state index contributed by atoms with van der Waals surface area (Å²) >= 11 is 0. The molecule has 0 saturated carbocycles. The van der Waals surface area contributed by atoms with Crippen LogP contribution in [0.15, 0.2) is 48.5 Å². The SMILES string of the molecule is CCOC(=O)Cn1c(-c2ccc(OCCCC(C)(C)C(=O)OC)cc2)nc2ccccc21. The van der Waals surface area contributed by atoms with Crippen LogP contribution in [-0.2, 0) is 25.6 Å². The van der Waals surface area contributed by atoms with Gasteiger partial charge >= 0.3 is 11.9 Å². The fraction of sp³-hybridized carbons (Fsp3) is 0.400. The van der Waals surface area contributed by atoms with Crippen molar-refractivity contribution in [2.75, 3.05) is 20.3 Å². The van der Waals surface area contributed by atoms with Crippen LogP contribution in [0.1, 0.15) is 33.6 Å². The molecule has 1 aromatic heterocycles. The van der Waals surface area contributed by atoms with Crippen molar-refractivity contribution >= 4 is 23.0 Å². The number of para-hydroxylation sites is 2. The van der Waals surface area contributed by atoms with Crippen molar-refractivity contribution in [1.82, 2.24) is 9.55 Å². The maximum absolute atomic E-state index is 12.2. The van der Waals surface area contributed by atoms with Gasteiger partial charge in [-0.1, -0.05) is 12.1 Å². The summed E-state index contributed by atoms with van der Waals surface area (Å²) in [5.41, 5.74) is 2.05. The third kappa shape index (κ3) is 5.46. The number of carbonyl (C=O) groups is 2. The van der Waals surface area contributed by atoms with Crippen molar-refractivity contribution in [3.8, 4) is 17.1 Å². The first-order chi connectivity index (χ1) is 15.4. The molecule has 0 radical (unpaired) electrons. The van der Waals surface area contributed by atoms with Gasteiger partial charge in [-0.3, -0.25) is 9.59 Å². The minimum Gasteiger partial charge on any atom is -0.494 e. The maximum Gasteiger partial charge on any atom is 0.326 e. The van der Waals surface area contributed by atoms with E-state index in [0.29, 0.717) is 25.5 Å². The monoisotopic (exact) mass is 438 g/mol. The largest absolute Gasteiger partial charge is 0.494 e. The standard InChI is InChI=1S/C25H30N2O5/c1-5-31-22(28)17-27-21-10-7-6-9-20(21)26-23(27)18-11-13-19(14-12-18)32-16-8-15-25(2,3)24(29)30-4/h6-7,9-14H,5,8,15-17H2,1-4H3. The Kier molecular flexibility index (Phi) is 7.51. The molecular formula is C25H30N2O5. The summed E-state index contributed by atoms with van der Waals surface area (Å²) in [5.74, 6) is 0.919. The van der Waals surface area contributed by atoms with E-state index in [1.165, 1.54) is 7.11 Å². The summed E-state index contributed by atoms with van der Waals surface area (Å²) < 4.78 is 17.7. The molecule has 0 aliphatic heterocycles. The highest BCUT2D eigenvalue weighted by Crippen LogP contribution is 2.27. The summed E-state index contributed by atoms with van der Waals surface area (Å²) in [4.78, 5) is 28.6. The molecule has 0 spiro atoms. The highest BCUT2D eigenvalue weighted by molar-refractivity contribution is 5.83. The van der Waals surface area contributed by atoms with Crippen molar-refractivity contribution in [2.24, 2.45) is 5.41 Å². The molecule has 0 aliphatic rings. The Labute approximate surface area is 188 Å². The summed E-state index contributed by atoms with van der Waals surface area (Å²) in [6.07, 6.45) is 1.41. The van der Waals surface area contributed by atoms with Crippen LogP contribution in [0, 0.1) is 5.41 Å². The first-order valence-electron chi connectivity index (χ1n) is 10.8. The van der Waals surface area contributed by atoms with Gasteiger partial charge in [0, 0.05) is 5.56 Å². The molecule has 0 bridgehead atoms. The lowest BCUT2D eigenvalue weighted by molar-refractivity contribution is -0.151. The molecule has 1 heterocycles. The van der Waals surface area contributed by atoms with Crippen LogP contribution in [0.3, 0.4) is 0 Å². The van der Waals surface area contributed by atoms with E-state index in [-0.39, 0.29) is 18.5 Å². The highest BCUT2D eigenvalue weighted by atomic mass is 16.5. The minimum atomic E-state index is -0.528. The van der Waals surface area contributed by atoms with E-state index >= 15 is 0 Å². The van der Waals surface area contributed by atoms with Gasteiger partial charge in [0.1, 0.15) is 18.1 Å². The van der Waals surface area contributed by atoms with E-state index in [1.54, 1.807) is 6.92 Å². The summed E-state index contributed by atoms with van der Waals surface area (Å²) in [5, 5.41) is 0. The van der Waals surface area contributed by atoms with E-state index in [1.807, 2.05) is 66.9 Å². The normalized spacial score (nSPS) is 11.4. The Bertz CT molecular complexity index is 1070. The number of imidazole rings is 1. The summed E-state index contributed by atoms with van der Waals surface area (Å²) in [6.45, 7) is 6.47. The number of hydrogen-bond donors (Lipinski definition) is 0. The second-order valence-corrected chi connectivity index (χ2v) is 8.17. The Morgan fingerprint density at radius 2 is 1.78 bits per heavy atom. The van der Waals surface area contributed by atoms with E-state index < -0.39 is 5.41 Å². The predicted molar refractivity (Wildman–Crippen MR) is 122 cm³/mol. The Morgan fingerprint density at radius 3 is 2.47 bits per heavy atom. The number of methoxy groups -OCH3 is 1. The second-order valence-electron chi connectivity index (χ2n) is 8.17. The van der Waals surface area contributed by atoms with Crippen molar-refractivity contribution in [2.45, 2.75) is 40.2 Å². The fourth-order valence-corrected chi connectivity index (χ4v) is 3.57. The third-order valence-corrected chi connectivity index (χ3v) is 5.31. The molecule has 0 amide bonds. The maximum atomic E-state index is 12.2. The Morgan fingerprint density at radius 1 is 1.06 bits per heavy atom. The number of aromatic nitrogens is 2. The van der Waals surface area contributed by atoms with Gasteiger partial charge in [-0.15, -0.1) is 0 Å². The number of hydrogen-bond acceptors (Lipinski definition) is 6. The zero-order chi connectivity index (χ0) is 23.1. The summed E-state index contributed by atoms with van der Waals surface area (Å²) in [7, 11) is 1.41. The molecule has 3 aromatic rings. The first-order valence-corrected chi connectivity index (χ1v) is 10.8. The number of esters is 2. The topological polar surface area (TPSA) is 79.7 Å². The van der Waals surface area contributed by atoms with Gasteiger partial charge in [0.15, 0.2) is 0 Å². The lowest BCUT2D eigenvalue weighted by Crippen LogP contribution is -2.26. The van der Waals surface area contributed by atoms with Crippen molar-refractivity contribution in [3.05, 3.63) is 48.5 Å². The average Bonchev–Trinajstić information content (AvgIpc) is 3.15. The lowest BCUT2D eigenvalue weighted by atomic mass is 9.88. The molecule has 0 fully saturated rings. The summed E-state index contributed by atoms with van der Waals surface area (Å²) in [6, 6.07) is 15.3. The number of rotatable bonds is 10. The molecule has 0 unspecified atom stereocenters. The van der Waals surface area contributed by atoms with E-state index in [0.717, 1.165) is 28.8 Å². The zero-order valence-corrected chi connectivity index (χ0v) is 19.1. The molecular weight excluding hydrogens is 408 g/mol. The predicted octanol–water partition coefficient (Wildman–Crippen LogP) is 4.62. The van der Waals surface area contributed by atoms with Crippen LogP contribution in [-0.4, -0.2) is 41.8 Å². The Balaban J connectivity index is 1.70. The van der Waals surface area contributed by atoms with Crippen LogP contribution < -0.4 is 4.74 Å². The van der Waals surface area contributed by atoms with Crippen molar-refractivity contribution in [3.63, 3.8) is 0 Å². The van der Waals surface area contributed by atoms with Crippen molar-refractivity contribution in [1.29, 1.82) is 0 Å². The molecule has 0 saturated heterocycles. The molecule has 7 nitrogen and oxygen atoms in total. The molecule has 170 valence electrons. The smallest absolute Gasteiger partial charge is 0.326 e. The number of ether oxygens (including phenoxy) is 3. The van der Waals surface area contributed by atoms with Gasteiger partial charge in [0.25, 0.3) is 0 Å². The Hall–Kier alpha value is -3.35. The molecule has 7 heteroatoms. The average molecular weight is 439 g/mol. The quantitative estimate of drug-likeness (QED) is 0.339. The van der Waals surface area contributed by atoms with Gasteiger partial charge in [-0.2, -0.15) is 0 Å². The molecule has 2 aromatic carbocycles. The number of benzene rings is 2. The van der Waals surface area contributed by atoms with E-state index in [4.69, 9.17) is 19.2 Å². The second kappa shape index (κ2) is 10.3. The van der Waals surface area contributed by atoms with E-state index in [9.17, 15) is 9.59 Å². The fourth-order valence-electron chi connectivity index (χ4n) is 3.57. The van der Waals surface area contributed by atoms with Gasteiger partial charge < -0.3 is 18.8 Å². The van der Waals surface area contributed by atoms with Gasteiger partial charge in [0.05, 0.1) is 36.8 Å². The molecule has 0 aliphatic carbocycles. The van der Waals surface area contributed by atoms with Crippen LogP contribution in [0.5, 0.6) is 5.75 Å². The van der Waals surface area contributed by atoms with E-state index in [2.05, 4.69) is 0 Å². The highest BCUT2D eigenvalue weighted by Gasteiger charge is 2.27. The van der Waals surface area contributed by atoms with Gasteiger partial charge in [0.2, 0.25) is 0 Å². The van der Waals surface area contributed by atoms with Crippen LogP contribution >= 0.6 is 0 Å². The zero-order valence-electron chi connectivity index (χ0n) is 19.1. The van der Waals surface area contributed by atoms with Crippen molar-refractivity contribution < 1.29 is 23.8 Å². The molecule has 32 heavy (non-hydrogen) atoms. The first kappa shape index (κ1) is 23.3. The third-order valence-electron chi connectivity index (χ3n) is 5.31. The number of nitrogens with zero attached hydrogens (tertiary/aromatic N) is 2. The molecule has 3 rings (SSSR count). The molecule has 0 N–H and O–H groups in total. The van der Waals surface area contributed by atoms with Gasteiger partial charge in [-0.25, -0.2) is 4.98 Å². The van der Waals surface area contributed by atoms with Gasteiger partial charge in [-0.05, 0) is 70.0 Å². The number of carbonyl (C=O) groups excluding carboxylic acids is 2. The lowest BCUT2D eigenvalue weighted by Gasteiger charge is -2.21.